The average molecular weight is 156 g/mol. The van der Waals surface area contributed by atoms with Gasteiger partial charge < -0.3 is 5.11 Å². The predicted molar refractivity (Wildman–Crippen MR) is 38.9 cm³/mol. The Morgan fingerprint density at radius 2 is 2.36 bits per heavy atom. The van der Waals surface area contributed by atoms with Crippen LogP contribution in [0.5, 0.6) is 0 Å². The lowest BCUT2D eigenvalue weighted by Gasteiger charge is -1.98. The Hall–Kier alpha value is -0.970. The maximum atomic E-state index is 8.61. The fourth-order valence-corrected chi connectivity index (χ4v) is 0.894. The van der Waals surface area contributed by atoms with Crippen molar-refractivity contribution in [3.05, 3.63) is 5.82 Å². The largest absolute Gasteiger partial charge is 0.394 e. The van der Waals surface area contributed by atoms with E-state index in [0.29, 0.717) is 6.54 Å². The second kappa shape index (κ2) is 4.02. The molecule has 0 aromatic carbocycles. The monoisotopic (exact) mass is 156 g/mol. The fraction of sp³-hybridized carbons (Fsp3) is 0.833. The van der Waals surface area contributed by atoms with Crippen molar-refractivity contribution in [1.82, 2.24) is 20.2 Å². The van der Waals surface area contributed by atoms with Crippen LogP contribution in [0.15, 0.2) is 0 Å². The van der Waals surface area contributed by atoms with Gasteiger partial charge in [-0.15, -0.1) is 5.10 Å². The minimum Gasteiger partial charge on any atom is -0.394 e. The van der Waals surface area contributed by atoms with E-state index in [0.717, 1.165) is 18.7 Å². The van der Waals surface area contributed by atoms with Crippen LogP contribution < -0.4 is 0 Å². The van der Waals surface area contributed by atoms with Crippen LogP contribution in [-0.4, -0.2) is 31.9 Å². The molecule has 62 valence electrons. The number of nitrogens with zero attached hydrogens (tertiary/aromatic N) is 4. The van der Waals surface area contributed by atoms with Gasteiger partial charge >= 0.3 is 0 Å². The van der Waals surface area contributed by atoms with E-state index in [2.05, 4.69) is 22.4 Å². The summed E-state index contributed by atoms with van der Waals surface area (Å²) in [5, 5.41) is 19.7. The Morgan fingerprint density at radius 1 is 1.55 bits per heavy atom. The molecule has 5 heteroatoms. The van der Waals surface area contributed by atoms with Gasteiger partial charge in [0.25, 0.3) is 0 Å². The molecule has 0 aliphatic heterocycles. The van der Waals surface area contributed by atoms with Gasteiger partial charge in [-0.3, -0.25) is 0 Å². The predicted octanol–water partition coefficient (Wildman–Crippen LogP) is -0.382. The van der Waals surface area contributed by atoms with Gasteiger partial charge in [0.2, 0.25) is 0 Å². The van der Waals surface area contributed by atoms with Crippen LogP contribution in [-0.2, 0) is 13.0 Å². The molecule has 0 aliphatic carbocycles. The van der Waals surface area contributed by atoms with E-state index in [4.69, 9.17) is 5.11 Å². The highest BCUT2D eigenvalue weighted by atomic mass is 16.3. The molecule has 11 heavy (non-hydrogen) atoms. The number of aliphatic hydroxyl groups is 1. The summed E-state index contributed by atoms with van der Waals surface area (Å²) in [6, 6.07) is 0. The zero-order valence-corrected chi connectivity index (χ0v) is 6.56. The van der Waals surface area contributed by atoms with E-state index in [1.807, 2.05) is 0 Å². The molecule has 1 aromatic rings. The first kappa shape index (κ1) is 8.13. The van der Waals surface area contributed by atoms with Crippen LogP contribution in [0.2, 0.25) is 0 Å². The molecule has 0 unspecified atom stereocenters. The first-order valence-electron chi connectivity index (χ1n) is 3.74. The number of aliphatic hydroxyl groups excluding tert-OH is 1. The summed E-state index contributed by atoms with van der Waals surface area (Å²) in [6.45, 7) is 2.64. The summed E-state index contributed by atoms with van der Waals surface area (Å²) < 4.78 is 1.63. The minimum absolute atomic E-state index is 0.0851. The zero-order chi connectivity index (χ0) is 8.10. The summed E-state index contributed by atoms with van der Waals surface area (Å²) in [6.07, 6.45) is 1.89. The Balaban J connectivity index is 2.62. The van der Waals surface area contributed by atoms with Gasteiger partial charge in [-0.25, -0.2) is 4.68 Å². The molecule has 0 saturated carbocycles. The van der Waals surface area contributed by atoms with Gasteiger partial charge in [0.15, 0.2) is 5.82 Å². The van der Waals surface area contributed by atoms with Crippen LogP contribution in [0.4, 0.5) is 0 Å². The SMILES string of the molecule is CCCc1nnnn1CCO. The highest BCUT2D eigenvalue weighted by molar-refractivity contribution is 4.79. The fourth-order valence-electron chi connectivity index (χ4n) is 0.894. The lowest BCUT2D eigenvalue weighted by Crippen LogP contribution is -2.08. The number of hydrogen-bond acceptors (Lipinski definition) is 4. The van der Waals surface area contributed by atoms with E-state index >= 15 is 0 Å². The summed E-state index contributed by atoms with van der Waals surface area (Å²) in [7, 11) is 0. The van der Waals surface area contributed by atoms with Gasteiger partial charge in [-0.05, 0) is 16.8 Å². The van der Waals surface area contributed by atoms with Crippen molar-refractivity contribution >= 4 is 0 Å². The molecule has 0 fully saturated rings. The van der Waals surface area contributed by atoms with Crippen molar-refractivity contribution in [2.75, 3.05) is 6.61 Å². The van der Waals surface area contributed by atoms with E-state index in [9.17, 15) is 0 Å². The van der Waals surface area contributed by atoms with Crippen molar-refractivity contribution < 1.29 is 5.11 Å². The Kier molecular flexibility index (Phi) is 2.97. The van der Waals surface area contributed by atoms with Gasteiger partial charge in [0.05, 0.1) is 13.2 Å². The van der Waals surface area contributed by atoms with Crippen LogP contribution in [0.25, 0.3) is 0 Å². The second-order valence-corrected chi connectivity index (χ2v) is 2.29. The summed E-state index contributed by atoms with van der Waals surface area (Å²) in [5.41, 5.74) is 0. The maximum Gasteiger partial charge on any atom is 0.151 e. The first-order chi connectivity index (χ1) is 5.38. The minimum atomic E-state index is 0.0851. The van der Waals surface area contributed by atoms with Crippen molar-refractivity contribution in [3.63, 3.8) is 0 Å². The maximum absolute atomic E-state index is 8.61. The molecule has 5 nitrogen and oxygen atoms in total. The van der Waals surface area contributed by atoms with E-state index < -0.39 is 0 Å². The van der Waals surface area contributed by atoms with E-state index in [1.165, 1.54) is 0 Å². The molecule has 0 saturated heterocycles. The number of aryl methyl sites for hydroxylation is 1. The molecular formula is C6H12N4O. The topological polar surface area (TPSA) is 63.8 Å². The molecule has 0 amide bonds. The molecule has 0 radical (unpaired) electrons. The van der Waals surface area contributed by atoms with Crippen LogP contribution in [0.3, 0.4) is 0 Å². The molecule has 1 N–H and O–H groups in total. The van der Waals surface area contributed by atoms with Crippen molar-refractivity contribution in [2.45, 2.75) is 26.3 Å². The van der Waals surface area contributed by atoms with Gasteiger partial charge in [0.1, 0.15) is 0 Å². The van der Waals surface area contributed by atoms with Crippen molar-refractivity contribution in [2.24, 2.45) is 0 Å². The van der Waals surface area contributed by atoms with Crippen LogP contribution >= 0.6 is 0 Å². The molecule has 0 bridgehead atoms. The third kappa shape index (κ3) is 1.98. The van der Waals surface area contributed by atoms with E-state index in [1.54, 1.807) is 4.68 Å². The van der Waals surface area contributed by atoms with E-state index in [-0.39, 0.29) is 6.61 Å². The third-order valence-electron chi connectivity index (χ3n) is 1.39. The van der Waals surface area contributed by atoms with Gasteiger partial charge in [-0.1, -0.05) is 6.92 Å². The summed E-state index contributed by atoms with van der Waals surface area (Å²) in [4.78, 5) is 0. The molecule has 0 aliphatic rings. The molecule has 0 spiro atoms. The highest BCUT2D eigenvalue weighted by Gasteiger charge is 2.02. The second-order valence-electron chi connectivity index (χ2n) is 2.29. The number of rotatable bonds is 4. The molecule has 1 heterocycles. The smallest absolute Gasteiger partial charge is 0.151 e. The van der Waals surface area contributed by atoms with Crippen LogP contribution in [0, 0.1) is 0 Å². The van der Waals surface area contributed by atoms with Gasteiger partial charge in [-0.2, -0.15) is 0 Å². The number of hydrogen-bond donors (Lipinski definition) is 1. The Labute approximate surface area is 65.0 Å². The molecule has 1 aromatic heterocycles. The number of aromatic nitrogens is 4. The Bertz CT molecular complexity index is 190. The van der Waals surface area contributed by atoms with Gasteiger partial charge in [0, 0.05) is 6.42 Å². The van der Waals surface area contributed by atoms with Crippen molar-refractivity contribution in [1.29, 1.82) is 0 Å². The van der Waals surface area contributed by atoms with Crippen molar-refractivity contribution in [3.8, 4) is 0 Å². The number of tetrazole rings is 1. The van der Waals surface area contributed by atoms with Crippen LogP contribution in [0.1, 0.15) is 19.2 Å². The Morgan fingerprint density at radius 3 is 3.00 bits per heavy atom. The zero-order valence-electron chi connectivity index (χ0n) is 6.56. The first-order valence-corrected chi connectivity index (χ1v) is 3.74. The quantitative estimate of drug-likeness (QED) is 0.645. The summed E-state index contributed by atoms with van der Waals surface area (Å²) in [5.74, 6) is 0.849. The average Bonchev–Trinajstić information content (AvgIpc) is 2.39. The molecule has 0 atom stereocenters. The third-order valence-corrected chi connectivity index (χ3v) is 1.39. The molecular weight excluding hydrogens is 144 g/mol. The normalized spacial score (nSPS) is 10.4. The summed E-state index contributed by atoms with van der Waals surface area (Å²) >= 11 is 0. The highest BCUT2D eigenvalue weighted by Crippen LogP contribution is 1.95. The molecule has 1 rings (SSSR count). The lowest BCUT2D eigenvalue weighted by atomic mass is 10.3. The lowest BCUT2D eigenvalue weighted by molar-refractivity contribution is 0.265. The standard InChI is InChI=1S/C6H12N4O/c1-2-3-6-7-8-9-10(6)4-5-11/h11H,2-5H2,1H3.